The molecule has 1 aromatic heterocycles. The van der Waals surface area contributed by atoms with Crippen LogP contribution >= 0.6 is 0 Å². The van der Waals surface area contributed by atoms with Gasteiger partial charge in [0.2, 0.25) is 0 Å². The van der Waals surface area contributed by atoms with Gasteiger partial charge in [0.15, 0.2) is 5.82 Å². The summed E-state index contributed by atoms with van der Waals surface area (Å²) in [6, 6.07) is 1.67. The highest BCUT2D eigenvalue weighted by Gasteiger charge is 2.34. The standard InChI is InChI=1S/C11H14F3N3O2/c1-10(2,3)19-9(18)6-4-5-7(11(12,13)14)16-8(6)17-15/h4-5H,15H2,1-3H3,(H,16,17). The second-order valence-electron chi connectivity index (χ2n) is 4.74. The van der Waals surface area contributed by atoms with Crippen LogP contribution in [-0.2, 0) is 10.9 Å². The number of anilines is 1. The number of nitrogen functional groups attached to an aromatic ring is 1. The van der Waals surface area contributed by atoms with E-state index in [1.807, 2.05) is 5.43 Å². The van der Waals surface area contributed by atoms with Gasteiger partial charge in [-0.1, -0.05) is 0 Å². The molecule has 19 heavy (non-hydrogen) atoms. The zero-order valence-electron chi connectivity index (χ0n) is 10.6. The van der Waals surface area contributed by atoms with Gasteiger partial charge in [0.1, 0.15) is 16.9 Å². The summed E-state index contributed by atoms with van der Waals surface area (Å²) in [7, 11) is 0. The number of nitrogens with zero attached hydrogens (tertiary/aromatic N) is 1. The maximum atomic E-state index is 12.5. The van der Waals surface area contributed by atoms with E-state index < -0.39 is 23.4 Å². The number of alkyl halides is 3. The average molecular weight is 277 g/mol. The molecule has 0 atom stereocenters. The van der Waals surface area contributed by atoms with Gasteiger partial charge >= 0.3 is 12.1 Å². The molecule has 0 spiro atoms. The van der Waals surface area contributed by atoms with E-state index in [1.165, 1.54) is 0 Å². The van der Waals surface area contributed by atoms with Crippen LogP contribution < -0.4 is 11.3 Å². The largest absolute Gasteiger partial charge is 0.456 e. The third kappa shape index (κ3) is 4.09. The second kappa shape index (κ2) is 5.04. The van der Waals surface area contributed by atoms with Crippen molar-refractivity contribution in [3.05, 3.63) is 23.4 Å². The molecule has 106 valence electrons. The first-order chi connectivity index (χ1) is 8.54. The minimum Gasteiger partial charge on any atom is -0.456 e. The van der Waals surface area contributed by atoms with Crippen molar-refractivity contribution in [3.8, 4) is 0 Å². The third-order valence-electron chi connectivity index (χ3n) is 1.94. The molecule has 3 N–H and O–H groups in total. The number of carbonyl (C=O) groups is 1. The van der Waals surface area contributed by atoms with Gasteiger partial charge in [-0.3, -0.25) is 0 Å². The first kappa shape index (κ1) is 15.2. The summed E-state index contributed by atoms with van der Waals surface area (Å²) in [6.07, 6.45) is -4.61. The van der Waals surface area contributed by atoms with Crippen LogP contribution in [0.1, 0.15) is 36.8 Å². The van der Waals surface area contributed by atoms with Crippen LogP contribution in [0.5, 0.6) is 0 Å². The topological polar surface area (TPSA) is 77.2 Å². The molecule has 0 unspecified atom stereocenters. The first-order valence-corrected chi connectivity index (χ1v) is 5.33. The van der Waals surface area contributed by atoms with Crippen LogP contribution in [0.2, 0.25) is 0 Å². The van der Waals surface area contributed by atoms with Gasteiger partial charge in [0.05, 0.1) is 0 Å². The van der Waals surface area contributed by atoms with Gasteiger partial charge in [-0.25, -0.2) is 15.6 Å². The van der Waals surface area contributed by atoms with Gasteiger partial charge in [-0.2, -0.15) is 13.2 Å². The summed E-state index contributed by atoms with van der Waals surface area (Å²) in [4.78, 5) is 15.0. The Bertz CT molecular complexity index is 481. The van der Waals surface area contributed by atoms with Gasteiger partial charge in [-0.15, -0.1) is 0 Å². The Morgan fingerprint density at radius 2 is 1.89 bits per heavy atom. The molecule has 0 aliphatic rings. The number of esters is 1. The fraction of sp³-hybridized carbons (Fsp3) is 0.455. The van der Waals surface area contributed by atoms with Crippen molar-refractivity contribution in [1.82, 2.24) is 4.98 Å². The number of rotatable bonds is 2. The van der Waals surface area contributed by atoms with E-state index in [4.69, 9.17) is 10.6 Å². The Kier molecular flexibility index (Phi) is 4.04. The van der Waals surface area contributed by atoms with Gasteiger partial charge < -0.3 is 10.2 Å². The molecule has 1 aromatic rings. The highest BCUT2D eigenvalue weighted by atomic mass is 19.4. The molecule has 0 saturated heterocycles. The SMILES string of the molecule is CC(C)(C)OC(=O)c1ccc(C(F)(F)F)nc1NN. The fourth-order valence-corrected chi connectivity index (χ4v) is 1.22. The zero-order valence-corrected chi connectivity index (χ0v) is 10.6. The molecule has 0 aliphatic heterocycles. The van der Waals surface area contributed by atoms with E-state index in [0.29, 0.717) is 6.07 Å². The highest BCUT2D eigenvalue weighted by molar-refractivity contribution is 5.94. The Hall–Kier alpha value is -1.83. The molecule has 0 radical (unpaired) electrons. The molecule has 0 aromatic carbocycles. The molecule has 0 fully saturated rings. The van der Waals surface area contributed by atoms with Gasteiger partial charge in [0, 0.05) is 0 Å². The smallest absolute Gasteiger partial charge is 0.433 e. The maximum absolute atomic E-state index is 12.5. The lowest BCUT2D eigenvalue weighted by Crippen LogP contribution is -2.26. The summed E-state index contributed by atoms with van der Waals surface area (Å²) in [5.74, 6) is 3.89. The van der Waals surface area contributed by atoms with E-state index in [1.54, 1.807) is 20.8 Å². The Labute approximate surface area is 107 Å². The van der Waals surface area contributed by atoms with E-state index in [2.05, 4.69) is 4.98 Å². The molecule has 1 rings (SSSR count). The summed E-state index contributed by atoms with van der Waals surface area (Å²) < 4.78 is 42.4. The number of carbonyl (C=O) groups excluding carboxylic acids is 1. The quantitative estimate of drug-likeness (QED) is 0.493. The van der Waals surface area contributed by atoms with E-state index in [0.717, 1.165) is 6.07 Å². The lowest BCUT2D eigenvalue weighted by molar-refractivity contribution is -0.141. The number of aromatic nitrogens is 1. The molecule has 5 nitrogen and oxygen atoms in total. The van der Waals surface area contributed by atoms with Crippen LogP contribution in [0.15, 0.2) is 12.1 Å². The van der Waals surface area contributed by atoms with Crippen molar-refractivity contribution in [2.75, 3.05) is 5.43 Å². The van der Waals surface area contributed by atoms with Crippen LogP contribution in [0, 0.1) is 0 Å². The first-order valence-electron chi connectivity index (χ1n) is 5.33. The van der Waals surface area contributed by atoms with E-state index in [9.17, 15) is 18.0 Å². The second-order valence-corrected chi connectivity index (χ2v) is 4.74. The summed E-state index contributed by atoms with van der Waals surface area (Å²) >= 11 is 0. The number of nitrogens with two attached hydrogens (primary N) is 1. The average Bonchev–Trinajstić information content (AvgIpc) is 2.24. The maximum Gasteiger partial charge on any atom is 0.433 e. The Balaban J connectivity index is 3.13. The number of nitrogens with one attached hydrogen (secondary N) is 1. The zero-order chi connectivity index (χ0) is 14.8. The van der Waals surface area contributed by atoms with E-state index >= 15 is 0 Å². The Morgan fingerprint density at radius 3 is 2.32 bits per heavy atom. The van der Waals surface area contributed by atoms with Crippen LogP contribution in [0.3, 0.4) is 0 Å². The van der Waals surface area contributed by atoms with Crippen molar-refractivity contribution >= 4 is 11.8 Å². The predicted octanol–water partition coefficient (Wildman–Crippen LogP) is 2.34. The summed E-state index contributed by atoms with van der Waals surface area (Å²) in [6.45, 7) is 4.91. The molecule has 0 bridgehead atoms. The van der Waals surface area contributed by atoms with Crippen molar-refractivity contribution in [2.45, 2.75) is 32.5 Å². The lowest BCUT2D eigenvalue weighted by Gasteiger charge is -2.20. The van der Waals surface area contributed by atoms with Crippen molar-refractivity contribution < 1.29 is 22.7 Å². The highest BCUT2D eigenvalue weighted by Crippen LogP contribution is 2.29. The monoisotopic (exact) mass is 277 g/mol. The normalized spacial score (nSPS) is 12.2. The van der Waals surface area contributed by atoms with E-state index in [-0.39, 0.29) is 11.4 Å². The molecular weight excluding hydrogens is 263 g/mol. The fourth-order valence-electron chi connectivity index (χ4n) is 1.22. The lowest BCUT2D eigenvalue weighted by atomic mass is 10.1. The molecule has 0 saturated carbocycles. The number of halogens is 3. The molecule has 0 aliphatic carbocycles. The number of pyridine rings is 1. The molecule has 0 amide bonds. The predicted molar refractivity (Wildman–Crippen MR) is 62.2 cm³/mol. The summed E-state index contributed by atoms with van der Waals surface area (Å²) in [5.41, 5.74) is -0.117. The van der Waals surface area contributed by atoms with Crippen LogP contribution in [0.25, 0.3) is 0 Å². The van der Waals surface area contributed by atoms with Crippen molar-refractivity contribution in [2.24, 2.45) is 5.84 Å². The minimum atomic E-state index is -4.61. The number of hydrazine groups is 1. The van der Waals surface area contributed by atoms with Crippen molar-refractivity contribution in [3.63, 3.8) is 0 Å². The minimum absolute atomic E-state index is 0.162. The van der Waals surface area contributed by atoms with Gasteiger partial charge in [-0.05, 0) is 32.9 Å². The third-order valence-corrected chi connectivity index (χ3v) is 1.94. The number of ether oxygens (including phenoxy) is 1. The number of hydrogen-bond acceptors (Lipinski definition) is 5. The molecule has 8 heteroatoms. The Morgan fingerprint density at radius 1 is 1.32 bits per heavy atom. The molecule has 1 heterocycles. The van der Waals surface area contributed by atoms with Gasteiger partial charge in [0.25, 0.3) is 0 Å². The number of hydrogen-bond donors (Lipinski definition) is 2. The van der Waals surface area contributed by atoms with Crippen LogP contribution in [-0.4, -0.2) is 16.6 Å². The molecular formula is C11H14F3N3O2. The summed E-state index contributed by atoms with van der Waals surface area (Å²) in [5, 5.41) is 0. The van der Waals surface area contributed by atoms with Crippen LogP contribution in [0.4, 0.5) is 19.0 Å². The van der Waals surface area contributed by atoms with Crippen molar-refractivity contribution in [1.29, 1.82) is 0 Å².